The molecule has 0 aliphatic heterocycles. The van der Waals surface area contributed by atoms with E-state index in [1.807, 2.05) is 6.92 Å². The quantitative estimate of drug-likeness (QED) is 0.651. The van der Waals surface area contributed by atoms with Crippen molar-refractivity contribution in [1.82, 2.24) is 19.9 Å². The fourth-order valence-electron chi connectivity index (χ4n) is 0.978. The van der Waals surface area contributed by atoms with Crippen molar-refractivity contribution in [3.05, 3.63) is 18.3 Å². The van der Waals surface area contributed by atoms with Gasteiger partial charge in [0.15, 0.2) is 5.65 Å². The van der Waals surface area contributed by atoms with E-state index >= 15 is 0 Å². The van der Waals surface area contributed by atoms with Crippen LogP contribution in [0.25, 0.3) is 11.2 Å². The van der Waals surface area contributed by atoms with Crippen molar-refractivity contribution in [3.63, 3.8) is 0 Å². The summed E-state index contributed by atoms with van der Waals surface area (Å²) in [6, 6.07) is 0. The van der Waals surface area contributed by atoms with Crippen LogP contribution < -0.4 is 0 Å². The van der Waals surface area contributed by atoms with Gasteiger partial charge in [-0.25, -0.2) is 15.0 Å². The Bertz CT molecular complexity index is 362. The van der Waals surface area contributed by atoms with Crippen LogP contribution in [-0.4, -0.2) is 19.9 Å². The first-order valence-electron chi connectivity index (χ1n) is 3.61. The molecule has 1 unspecified atom stereocenters. The maximum atomic E-state index is 4.26. The van der Waals surface area contributed by atoms with Crippen LogP contribution in [0.3, 0.4) is 0 Å². The molecule has 0 fully saturated rings. The maximum Gasteiger partial charge on any atom is 0.180 e. The number of nitrogens with one attached hydrogen (secondary N) is 1. The Labute approximate surface area is 74.9 Å². The molecule has 12 heavy (non-hydrogen) atoms. The van der Waals surface area contributed by atoms with Gasteiger partial charge in [0.2, 0.25) is 0 Å². The van der Waals surface area contributed by atoms with E-state index < -0.39 is 0 Å². The highest BCUT2D eigenvalue weighted by molar-refractivity contribution is 7.80. The first-order valence-corrected chi connectivity index (χ1v) is 4.12. The summed E-state index contributed by atoms with van der Waals surface area (Å²) >= 11 is 4.26. The Kier molecular flexibility index (Phi) is 1.73. The molecular weight excluding hydrogens is 172 g/mol. The summed E-state index contributed by atoms with van der Waals surface area (Å²) < 4.78 is 0. The van der Waals surface area contributed by atoms with Crippen LogP contribution in [-0.2, 0) is 0 Å². The van der Waals surface area contributed by atoms with E-state index in [0.717, 1.165) is 11.3 Å². The zero-order chi connectivity index (χ0) is 8.55. The summed E-state index contributed by atoms with van der Waals surface area (Å²) in [6.45, 7) is 1.95. The molecule has 2 heterocycles. The number of imidazole rings is 1. The van der Waals surface area contributed by atoms with Crippen molar-refractivity contribution in [3.8, 4) is 0 Å². The maximum absolute atomic E-state index is 4.26. The van der Waals surface area contributed by atoms with Crippen LogP contribution in [0, 0.1) is 0 Å². The molecule has 1 N–H and O–H groups in total. The summed E-state index contributed by atoms with van der Waals surface area (Å²) in [5.41, 5.74) is 1.55. The lowest BCUT2D eigenvalue weighted by atomic mass is 10.5. The summed E-state index contributed by atoms with van der Waals surface area (Å²) in [6.07, 6.45) is 3.19. The lowest BCUT2D eigenvalue weighted by Gasteiger charge is -1.94. The summed E-state index contributed by atoms with van der Waals surface area (Å²) in [7, 11) is 0. The smallest absolute Gasteiger partial charge is 0.180 e. The van der Waals surface area contributed by atoms with Gasteiger partial charge >= 0.3 is 0 Å². The Morgan fingerprint density at radius 1 is 1.58 bits per heavy atom. The van der Waals surface area contributed by atoms with Gasteiger partial charge < -0.3 is 4.98 Å². The van der Waals surface area contributed by atoms with E-state index in [2.05, 4.69) is 32.6 Å². The number of hydrogen-bond donors (Lipinski definition) is 2. The van der Waals surface area contributed by atoms with E-state index in [1.165, 1.54) is 6.33 Å². The molecule has 4 nitrogen and oxygen atoms in total. The van der Waals surface area contributed by atoms with Crippen molar-refractivity contribution in [2.75, 3.05) is 0 Å². The highest BCUT2D eigenvalue weighted by Gasteiger charge is 2.06. The topological polar surface area (TPSA) is 54.5 Å². The van der Waals surface area contributed by atoms with Crippen LogP contribution >= 0.6 is 12.6 Å². The first kappa shape index (κ1) is 7.54. The van der Waals surface area contributed by atoms with E-state index in [4.69, 9.17) is 0 Å². The van der Waals surface area contributed by atoms with Gasteiger partial charge in [-0.15, -0.1) is 0 Å². The zero-order valence-electron chi connectivity index (χ0n) is 6.52. The van der Waals surface area contributed by atoms with Gasteiger partial charge in [-0.3, -0.25) is 0 Å². The molecule has 0 bridgehead atoms. The third-order valence-electron chi connectivity index (χ3n) is 1.58. The molecule has 0 spiro atoms. The van der Waals surface area contributed by atoms with Crippen LogP contribution in [0.5, 0.6) is 0 Å². The molecule has 0 aliphatic carbocycles. The van der Waals surface area contributed by atoms with Crippen LogP contribution in [0.1, 0.15) is 18.0 Å². The van der Waals surface area contributed by atoms with Crippen molar-refractivity contribution >= 4 is 23.8 Å². The lowest BCUT2D eigenvalue weighted by molar-refractivity contribution is 0.978. The second-order valence-corrected chi connectivity index (χ2v) is 3.33. The van der Waals surface area contributed by atoms with E-state index in [1.54, 1.807) is 6.20 Å². The van der Waals surface area contributed by atoms with Crippen molar-refractivity contribution in [2.45, 2.75) is 12.2 Å². The fourth-order valence-corrected chi connectivity index (χ4v) is 1.10. The number of rotatable bonds is 1. The van der Waals surface area contributed by atoms with Gasteiger partial charge in [-0.1, -0.05) is 0 Å². The van der Waals surface area contributed by atoms with Crippen LogP contribution in [0.15, 0.2) is 12.5 Å². The average molecular weight is 180 g/mol. The Morgan fingerprint density at radius 3 is 3.08 bits per heavy atom. The highest BCUT2D eigenvalue weighted by atomic mass is 32.1. The molecule has 0 aliphatic rings. The molecule has 0 radical (unpaired) electrons. The second kappa shape index (κ2) is 2.75. The molecule has 2 aromatic rings. The Hall–Kier alpha value is -1.10. The fraction of sp³-hybridized carbons (Fsp3) is 0.286. The van der Waals surface area contributed by atoms with E-state index in [9.17, 15) is 0 Å². The van der Waals surface area contributed by atoms with Gasteiger partial charge in [-0.05, 0) is 6.92 Å². The van der Waals surface area contributed by atoms with Gasteiger partial charge in [-0.2, -0.15) is 12.6 Å². The van der Waals surface area contributed by atoms with Crippen molar-refractivity contribution < 1.29 is 0 Å². The Balaban J connectivity index is 2.62. The molecular formula is C7H8N4S. The Morgan fingerprint density at radius 2 is 2.42 bits per heavy atom. The summed E-state index contributed by atoms with van der Waals surface area (Å²) in [4.78, 5) is 15.2. The minimum Gasteiger partial charge on any atom is -0.338 e. The third-order valence-corrected chi connectivity index (χ3v) is 1.82. The molecule has 5 heteroatoms. The zero-order valence-corrected chi connectivity index (χ0v) is 7.42. The predicted octanol–water partition coefficient (Wildman–Crippen LogP) is 1.34. The average Bonchev–Trinajstić information content (AvgIpc) is 2.46. The number of nitrogens with zero attached hydrogens (tertiary/aromatic N) is 3. The van der Waals surface area contributed by atoms with Crippen LogP contribution in [0.4, 0.5) is 0 Å². The molecule has 0 saturated heterocycles. The first-order chi connectivity index (χ1) is 5.77. The van der Waals surface area contributed by atoms with Gasteiger partial charge in [0.25, 0.3) is 0 Å². The molecule has 1 atom stereocenters. The normalized spacial score (nSPS) is 13.5. The molecule has 0 aromatic carbocycles. The minimum absolute atomic E-state index is 0.0965. The number of fused-ring (bicyclic) bond motifs is 1. The van der Waals surface area contributed by atoms with E-state index in [0.29, 0.717) is 5.65 Å². The van der Waals surface area contributed by atoms with Gasteiger partial charge in [0, 0.05) is 0 Å². The van der Waals surface area contributed by atoms with Gasteiger partial charge in [0.1, 0.15) is 17.7 Å². The summed E-state index contributed by atoms with van der Waals surface area (Å²) in [5, 5.41) is 0.0965. The summed E-state index contributed by atoms with van der Waals surface area (Å²) in [5.74, 6) is 0.828. The standard InChI is InChI=1S/C7H8N4S/c1-4(12)6-10-5-2-8-3-9-7(5)11-6/h2-4,12H,1H3,(H,8,9,10,11). The third kappa shape index (κ3) is 1.16. The molecule has 2 aromatic heterocycles. The monoisotopic (exact) mass is 180 g/mol. The second-order valence-electron chi connectivity index (χ2n) is 2.56. The number of aromatic amines is 1. The largest absolute Gasteiger partial charge is 0.338 e. The predicted molar refractivity (Wildman–Crippen MR) is 49.1 cm³/mol. The number of aromatic nitrogens is 4. The lowest BCUT2D eigenvalue weighted by Crippen LogP contribution is -1.85. The number of hydrogen-bond acceptors (Lipinski definition) is 4. The van der Waals surface area contributed by atoms with E-state index in [-0.39, 0.29) is 5.25 Å². The van der Waals surface area contributed by atoms with Crippen molar-refractivity contribution in [2.24, 2.45) is 0 Å². The molecule has 0 amide bonds. The molecule has 0 saturated carbocycles. The van der Waals surface area contributed by atoms with Gasteiger partial charge in [0.05, 0.1) is 11.4 Å². The SMILES string of the molecule is CC(S)c1nc2ncncc2[nH]1. The highest BCUT2D eigenvalue weighted by Crippen LogP contribution is 2.17. The van der Waals surface area contributed by atoms with Crippen LogP contribution in [0.2, 0.25) is 0 Å². The molecule has 2 rings (SSSR count). The minimum atomic E-state index is 0.0965. The number of H-pyrrole nitrogens is 1. The number of thiol groups is 1. The molecule has 62 valence electrons. The van der Waals surface area contributed by atoms with Crippen molar-refractivity contribution in [1.29, 1.82) is 0 Å².